The minimum absolute atomic E-state index is 0.146. The van der Waals surface area contributed by atoms with Crippen LogP contribution in [0.15, 0.2) is 52.7 Å². The van der Waals surface area contributed by atoms with Gasteiger partial charge in [0.1, 0.15) is 0 Å². The average molecular weight is 456 g/mol. The predicted octanol–water partition coefficient (Wildman–Crippen LogP) is 3.23. The van der Waals surface area contributed by atoms with E-state index in [1.807, 2.05) is 41.8 Å². The normalized spacial score (nSPS) is 10.9. The highest BCUT2D eigenvalue weighted by Gasteiger charge is 2.16. The first-order chi connectivity index (χ1) is 15.6. The molecule has 0 aliphatic rings. The number of carbonyl (C=O) groups is 1. The number of hydrogen-bond acceptors (Lipinski definition) is 8. The van der Waals surface area contributed by atoms with Crippen molar-refractivity contribution in [3.8, 4) is 28.6 Å². The van der Waals surface area contributed by atoms with Gasteiger partial charge < -0.3 is 18.8 Å². The number of nitrogens with one attached hydrogen (secondary N) is 1. The Kier molecular flexibility index (Phi) is 8.09. The SMILES string of the molecule is CCn1c(SCC(=O)N/N=C/c2ccc(OC)c(OC)c2OC)nnc1-c1ccccc1. The molecule has 10 heteroatoms. The molecule has 0 saturated heterocycles. The first-order valence-electron chi connectivity index (χ1n) is 9.85. The highest BCUT2D eigenvalue weighted by atomic mass is 32.2. The fourth-order valence-electron chi connectivity index (χ4n) is 3.04. The highest BCUT2D eigenvalue weighted by Crippen LogP contribution is 2.38. The Hall–Kier alpha value is -3.53. The molecule has 0 aliphatic carbocycles. The van der Waals surface area contributed by atoms with Gasteiger partial charge in [0.2, 0.25) is 5.75 Å². The molecule has 0 saturated carbocycles. The van der Waals surface area contributed by atoms with E-state index in [1.165, 1.54) is 32.2 Å². The minimum Gasteiger partial charge on any atom is -0.493 e. The molecule has 1 heterocycles. The number of ether oxygens (including phenoxy) is 3. The van der Waals surface area contributed by atoms with Gasteiger partial charge >= 0.3 is 0 Å². The molecule has 168 valence electrons. The third-order valence-electron chi connectivity index (χ3n) is 4.52. The lowest BCUT2D eigenvalue weighted by Gasteiger charge is -2.13. The van der Waals surface area contributed by atoms with Gasteiger partial charge in [0.25, 0.3) is 5.91 Å². The number of hydrogen-bond donors (Lipinski definition) is 1. The topological polar surface area (TPSA) is 99.9 Å². The summed E-state index contributed by atoms with van der Waals surface area (Å²) in [6.45, 7) is 2.71. The van der Waals surface area contributed by atoms with Crippen molar-refractivity contribution in [2.75, 3.05) is 27.1 Å². The van der Waals surface area contributed by atoms with Crippen LogP contribution in [0.3, 0.4) is 0 Å². The van der Waals surface area contributed by atoms with Gasteiger partial charge in [-0.2, -0.15) is 5.10 Å². The molecule has 3 aromatic rings. The lowest BCUT2D eigenvalue weighted by Crippen LogP contribution is -2.20. The Labute approximate surface area is 190 Å². The van der Waals surface area contributed by atoms with Crippen LogP contribution in [0.25, 0.3) is 11.4 Å². The van der Waals surface area contributed by atoms with Gasteiger partial charge in [-0.25, -0.2) is 5.43 Å². The van der Waals surface area contributed by atoms with Crippen molar-refractivity contribution in [3.05, 3.63) is 48.0 Å². The summed E-state index contributed by atoms with van der Waals surface area (Å²) >= 11 is 1.30. The number of hydrazone groups is 1. The van der Waals surface area contributed by atoms with Crippen molar-refractivity contribution < 1.29 is 19.0 Å². The molecule has 0 fully saturated rings. The fourth-order valence-corrected chi connectivity index (χ4v) is 3.84. The average Bonchev–Trinajstić information content (AvgIpc) is 3.25. The number of carbonyl (C=O) groups excluding carboxylic acids is 1. The Morgan fingerprint density at radius 2 is 1.81 bits per heavy atom. The quantitative estimate of drug-likeness (QED) is 0.285. The Bertz CT molecular complexity index is 1090. The van der Waals surface area contributed by atoms with Crippen LogP contribution < -0.4 is 19.6 Å². The molecule has 1 aromatic heterocycles. The van der Waals surface area contributed by atoms with Gasteiger partial charge in [0, 0.05) is 17.7 Å². The molecule has 9 nitrogen and oxygen atoms in total. The lowest BCUT2D eigenvalue weighted by molar-refractivity contribution is -0.118. The maximum absolute atomic E-state index is 12.3. The van der Waals surface area contributed by atoms with E-state index in [1.54, 1.807) is 19.2 Å². The summed E-state index contributed by atoms with van der Waals surface area (Å²) in [6, 6.07) is 13.3. The summed E-state index contributed by atoms with van der Waals surface area (Å²) in [6.07, 6.45) is 1.49. The number of methoxy groups -OCH3 is 3. The van der Waals surface area contributed by atoms with Gasteiger partial charge in [0.05, 0.1) is 33.3 Å². The first-order valence-corrected chi connectivity index (χ1v) is 10.8. The summed E-state index contributed by atoms with van der Waals surface area (Å²) < 4.78 is 18.0. The smallest absolute Gasteiger partial charge is 0.250 e. The molecule has 0 unspecified atom stereocenters. The van der Waals surface area contributed by atoms with Crippen molar-refractivity contribution in [2.45, 2.75) is 18.6 Å². The zero-order valence-corrected chi connectivity index (χ0v) is 19.2. The van der Waals surface area contributed by atoms with Crippen LogP contribution in [0.2, 0.25) is 0 Å². The first kappa shape index (κ1) is 23.1. The van der Waals surface area contributed by atoms with Crippen LogP contribution in [0, 0.1) is 0 Å². The van der Waals surface area contributed by atoms with Gasteiger partial charge in [-0.3, -0.25) is 4.79 Å². The van der Waals surface area contributed by atoms with E-state index in [0.29, 0.717) is 34.5 Å². The van der Waals surface area contributed by atoms with E-state index < -0.39 is 0 Å². The highest BCUT2D eigenvalue weighted by molar-refractivity contribution is 7.99. The van der Waals surface area contributed by atoms with E-state index in [2.05, 4.69) is 20.7 Å². The van der Waals surface area contributed by atoms with E-state index >= 15 is 0 Å². The second-order valence-corrected chi connectivity index (χ2v) is 7.36. The maximum Gasteiger partial charge on any atom is 0.250 e. The van der Waals surface area contributed by atoms with E-state index in [0.717, 1.165) is 11.4 Å². The molecule has 0 radical (unpaired) electrons. The predicted molar refractivity (Wildman–Crippen MR) is 124 cm³/mol. The maximum atomic E-state index is 12.3. The standard InChI is InChI=1S/C22H25N5O4S/c1-5-27-21(15-9-7-6-8-10-15)25-26-22(27)32-14-18(28)24-23-13-16-11-12-17(29-2)20(31-4)19(16)30-3/h6-13H,5,14H2,1-4H3,(H,24,28)/b23-13+. The number of amides is 1. The molecule has 32 heavy (non-hydrogen) atoms. The van der Waals surface area contributed by atoms with Crippen molar-refractivity contribution in [1.82, 2.24) is 20.2 Å². The molecule has 0 atom stereocenters. The largest absolute Gasteiger partial charge is 0.493 e. The Morgan fingerprint density at radius 3 is 2.47 bits per heavy atom. The summed E-state index contributed by atoms with van der Waals surface area (Å²) in [5.41, 5.74) is 4.13. The summed E-state index contributed by atoms with van der Waals surface area (Å²) in [5.74, 6) is 2.11. The third-order valence-corrected chi connectivity index (χ3v) is 5.49. The van der Waals surface area contributed by atoms with Gasteiger partial charge in [-0.1, -0.05) is 42.1 Å². The minimum atomic E-state index is -0.266. The molecule has 0 spiro atoms. The summed E-state index contributed by atoms with van der Waals surface area (Å²) in [5, 5.41) is 13.2. The lowest BCUT2D eigenvalue weighted by atomic mass is 10.2. The molecule has 1 amide bonds. The second kappa shape index (κ2) is 11.2. The van der Waals surface area contributed by atoms with Gasteiger partial charge in [-0.15, -0.1) is 10.2 Å². The molecular weight excluding hydrogens is 430 g/mol. The molecular formula is C22H25N5O4S. The van der Waals surface area contributed by atoms with Gasteiger partial charge in [-0.05, 0) is 19.1 Å². The van der Waals surface area contributed by atoms with Crippen molar-refractivity contribution in [2.24, 2.45) is 5.10 Å². The van der Waals surface area contributed by atoms with Crippen molar-refractivity contribution >= 4 is 23.9 Å². The molecule has 3 rings (SSSR count). The molecule has 2 aromatic carbocycles. The van der Waals surface area contributed by atoms with Crippen LogP contribution >= 0.6 is 11.8 Å². The van der Waals surface area contributed by atoms with Gasteiger partial charge in [0.15, 0.2) is 22.5 Å². The Morgan fingerprint density at radius 1 is 1.06 bits per heavy atom. The van der Waals surface area contributed by atoms with E-state index in [4.69, 9.17) is 14.2 Å². The van der Waals surface area contributed by atoms with E-state index in [9.17, 15) is 4.79 Å². The molecule has 1 N–H and O–H groups in total. The number of nitrogens with zero attached hydrogens (tertiary/aromatic N) is 4. The summed E-state index contributed by atoms with van der Waals surface area (Å²) in [4.78, 5) is 12.3. The zero-order chi connectivity index (χ0) is 22.9. The second-order valence-electron chi connectivity index (χ2n) is 6.42. The van der Waals surface area contributed by atoms with Crippen LogP contribution in [0.1, 0.15) is 12.5 Å². The van der Waals surface area contributed by atoms with E-state index in [-0.39, 0.29) is 11.7 Å². The monoisotopic (exact) mass is 455 g/mol. The fraction of sp³-hybridized carbons (Fsp3) is 0.273. The number of benzene rings is 2. The number of aromatic nitrogens is 3. The molecule has 0 aliphatic heterocycles. The third kappa shape index (κ3) is 5.20. The van der Waals surface area contributed by atoms with Crippen LogP contribution in [-0.2, 0) is 11.3 Å². The van der Waals surface area contributed by atoms with Crippen molar-refractivity contribution in [1.29, 1.82) is 0 Å². The van der Waals surface area contributed by atoms with Crippen LogP contribution in [-0.4, -0.2) is 54.0 Å². The Balaban J connectivity index is 1.63. The number of rotatable bonds is 10. The summed E-state index contributed by atoms with van der Waals surface area (Å²) in [7, 11) is 4.60. The molecule has 0 bridgehead atoms. The number of thioether (sulfide) groups is 1. The van der Waals surface area contributed by atoms with Crippen molar-refractivity contribution in [3.63, 3.8) is 0 Å². The van der Waals surface area contributed by atoms with Crippen LogP contribution in [0.4, 0.5) is 0 Å². The zero-order valence-electron chi connectivity index (χ0n) is 18.4. The van der Waals surface area contributed by atoms with Crippen LogP contribution in [0.5, 0.6) is 17.2 Å².